The van der Waals surface area contributed by atoms with Crippen molar-refractivity contribution in [3.8, 4) is 0 Å². The number of amides is 1. The Bertz CT molecular complexity index is 1180. The molecule has 0 aromatic heterocycles. The highest BCUT2D eigenvalue weighted by atomic mass is 35.5. The Morgan fingerprint density at radius 2 is 1.77 bits per heavy atom. The average molecular weight is 447 g/mol. The summed E-state index contributed by atoms with van der Waals surface area (Å²) in [5.41, 5.74) is 1.46. The molecule has 0 bridgehead atoms. The van der Waals surface area contributed by atoms with Crippen LogP contribution in [0.3, 0.4) is 0 Å². The van der Waals surface area contributed by atoms with E-state index in [-0.39, 0.29) is 22.0 Å². The van der Waals surface area contributed by atoms with E-state index in [1.807, 2.05) is 0 Å². The molecular formula is C22H20ClFN2O3S. The summed E-state index contributed by atoms with van der Waals surface area (Å²) in [6, 6.07) is 16.6. The first kappa shape index (κ1) is 21.8. The summed E-state index contributed by atoms with van der Waals surface area (Å²) in [7, 11) is -3.92. The van der Waals surface area contributed by atoms with Gasteiger partial charge in [0.15, 0.2) is 0 Å². The van der Waals surface area contributed by atoms with Gasteiger partial charge >= 0.3 is 0 Å². The Kier molecular flexibility index (Phi) is 6.43. The van der Waals surface area contributed by atoms with Gasteiger partial charge in [-0.1, -0.05) is 29.8 Å². The first-order valence-corrected chi connectivity index (χ1v) is 11.0. The van der Waals surface area contributed by atoms with Crippen molar-refractivity contribution in [1.29, 1.82) is 0 Å². The van der Waals surface area contributed by atoms with Crippen LogP contribution in [0.2, 0.25) is 5.02 Å². The standard InChI is InChI=1S/C22H20ClFN2O3S/c1-3-26(17-7-5-4-6-8-17)30(28,29)18-10-11-20(23)19(14-18)22(27)25-21-12-9-16(24)13-15(21)2/h4-14H,3H2,1-2H3,(H,25,27). The lowest BCUT2D eigenvalue weighted by Crippen LogP contribution is -2.31. The van der Waals surface area contributed by atoms with Crippen LogP contribution < -0.4 is 9.62 Å². The summed E-state index contributed by atoms with van der Waals surface area (Å²) in [5.74, 6) is -1.01. The van der Waals surface area contributed by atoms with Gasteiger partial charge in [0.1, 0.15) is 5.82 Å². The summed E-state index contributed by atoms with van der Waals surface area (Å²) in [6.07, 6.45) is 0. The minimum Gasteiger partial charge on any atom is -0.322 e. The molecule has 1 amide bonds. The van der Waals surface area contributed by atoms with Gasteiger partial charge in [0.05, 0.1) is 21.2 Å². The van der Waals surface area contributed by atoms with Gasteiger partial charge in [0.25, 0.3) is 15.9 Å². The molecule has 0 unspecified atom stereocenters. The van der Waals surface area contributed by atoms with Crippen molar-refractivity contribution in [1.82, 2.24) is 0 Å². The molecule has 30 heavy (non-hydrogen) atoms. The highest BCUT2D eigenvalue weighted by Gasteiger charge is 2.25. The van der Waals surface area contributed by atoms with Gasteiger partial charge in [0, 0.05) is 12.2 Å². The van der Waals surface area contributed by atoms with Crippen LogP contribution in [0.25, 0.3) is 0 Å². The van der Waals surface area contributed by atoms with Gasteiger partial charge in [-0.05, 0) is 67.9 Å². The fraction of sp³-hybridized carbons (Fsp3) is 0.136. The lowest BCUT2D eigenvalue weighted by molar-refractivity contribution is 0.102. The lowest BCUT2D eigenvalue weighted by Gasteiger charge is -2.23. The number of nitrogens with one attached hydrogen (secondary N) is 1. The molecule has 8 heteroatoms. The summed E-state index contributed by atoms with van der Waals surface area (Å²) in [5, 5.41) is 2.76. The number of benzene rings is 3. The zero-order chi connectivity index (χ0) is 21.9. The Balaban J connectivity index is 1.97. The maximum absolute atomic E-state index is 13.3. The molecule has 0 aliphatic carbocycles. The third kappa shape index (κ3) is 4.47. The summed E-state index contributed by atoms with van der Waals surface area (Å²) in [6.45, 7) is 3.59. The van der Waals surface area contributed by atoms with Gasteiger partial charge < -0.3 is 5.32 Å². The zero-order valence-corrected chi connectivity index (χ0v) is 18.0. The number of hydrogen-bond acceptors (Lipinski definition) is 3. The number of sulfonamides is 1. The third-order valence-corrected chi connectivity index (χ3v) is 6.77. The monoisotopic (exact) mass is 446 g/mol. The van der Waals surface area contributed by atoms with Crippen LogP contribution in [0.15, 0.2) is 71.6 Å². The van der Waals surface area contributed by atoms with E-state index in [2.05, 4.69) is 5.32 Å². The molecule has 0 radical (unpaired) electrons. The number of aryl methyl sites for hydroxylation is 1. The minimum absolute atomic E-state index is 0.00517. The normalized spacial score (nSPS) is 11.2. The molecule has 0 aliphatic rings. The van der Waals surface area contributed by atoms with Crippen molar-refractivity contribution in [2.75, 3.05) is 16.2 Å². The van der Waals surface area contributed by atoms with Crippen LogP contribution in [-0.4, -0.2) is 20.9 Å². The van der Waals surface area contributed by atoms with Crippen molar-refractivity contribution in [3.63, 3.8) is 0 Å². The van der Waals surface area contributed by atoms with E-state index >= 15 is 0 Å². The Morgan fingerprint density at radius 1 is 1.07 bits per heavy atom. The van der Waals surface area contributed by atoms with Crippen LogP contribution in [0.1, 0.15) is 22.8 Å². The molecule has 3 aromatic rings. The summed E-state index contributed by atoms with van der Waals surface area (Å²) < 4.78 is 41.0. The topological polar surface area (TPSA) is 66.5 Å². The number of para-hydroxylation sites is 1. The second kappa shape index (κ2) is 8.85. The van der Waals surface area contributed by atoms with E-state index in [1.165, 1.54) is 40.7 Å². The van der Waals surface area contributed by atoms with Crippen LogP contribution in [0.5, 0.6) is 0 Å². The van der Waals surface area contributed by atoms with Crippen molar-refractivity contribution in [3.05, 3.63) is 88.7 Å². The number of carbonyl (C=O) groups is 1. The highest BCUT2D eigenvalue weighted by molar-refractivity contribution is 7.92. The Labute approximate surface area is 180 Å². The van der Waals surface area contributed by atoms with Crippen LogP contribution in [0.4, 0.5) is 15.8 Å². The molecular weight excluding hydrogens is 427 g/mol. The second-order valence-electron chi connectivity index (χ2n) is 6.56. The number of halogens is 2. The van der Waals surface area contributed by atoms with E-state index in [9.17, 15) is 17.6 Å². The molecule has 0 aliphatic heterocycles. The molecule has 3 rings (SSSR count). The largest absolute Gasteiger partial charge is 0.322 e. The molecule has 0 fully saturated rings. The van der Waals surface area contributed by atoms with Crippen molar-refractivity contribution < 1.29 is 17.6 Å². The molecule has 3 aromatic carbocycles. The van der Waals surface area contributed by atoms with Gasteiger partial charge in [-0.3, -0.25) is 9.10 Å². The zero-order valence-electron chi connectivity index (χ0n) is 16.4. The molecule has 0 spiro atoms. The Hall–Kier alpha value is -2.90. The smallest absolute Gasteiger partial charge is 0.264 e. The van der Waals surface area contributed by atoms with Crippen LogP contribution in [0, 0.1) is 12.7 Å². The molecule has 0 saturated heterocycles. The molecule has 1 N–H and O–H groups in total. The first-order valence-electron chi connectivity index (χ1n) is 9.19. The number of anilines is 2. The maximum atomic E-state index is 13.3. The predicted octanol–water partition coefficient (Wildman–Crippen LogP) is 5.26. The van der Waals surface area contributed by atoms with E-state index in [4.69, 9.17) is 11.6 Å². The van der Waals surface area contributed by atoms with Gasteiger partial charge in [0.2, 0.25) is 0 Å². The average Bonchev–Trinajstić information content (AvgIpc) is 2.71. The minimum atomic E-state index is -3.92. The van der Waals surface area contributed by atoms with Gasteiger partial charge in [-0.25, -0.2) is 12.8 Å². The van der Waals surface area contributed by atoms with Crippen molar-refractivity contribution in [2.24, 2.45) is 0 Å². The third-order valence-electron chi connectivity index (χ3n) is 4.54. The van der Waals surface area contributed by atoms with E-state index in [0.717, 1.165) is 0 Å². The van der Waals surface area contributed by atoms with Gasteiger partial charge in [-0.15, -0.1) is 0 Å². The highest BCUT2D eigenvalue weighted by Crippen LogP contribution is 2.27. The summed E-state index contributed by atoms with van der Waals surface area (Å²) >= 11 is 6.17. The number of hydrogen-bond donors (Lipinski definition) is 1. The fourth-order valence-corrected chi connectivity index (χ4v) is 4.71. The fourth-order valence-electron chi connectivity index (χ4n) is 3.01. The molecule has 0 saturated carbocycles. The van der Waals surface area contributed by atoms with Crippen LogP contribution in [-0.2, 0) is 10.0 Å². The van der Waals surface area contributed by atoms with Crippen molar-refractivity contribution >= 4 is 38.9 Å². The van der Waals surface area contributed by atoms with E-state index < -0.39 is 21.7 Å². The number of carbonyl (C=O) groups excluding carboxylic acids is 1. The Morgan fingerprint density at radius 3 is 2.40 bits per heavy atom. The summed E-state index contributed by atoms with van der Waals surface area (Å²) in [4.78, 5) is 12.7. The predicted molar refractivity (Wildman–Crippen MR) is 117 cm³/mol. The molecule has 0 heterocycles. The molecule has 5 nitrogen and oxygen atoms in total. The SMILES string of the molecule is CCN(c1ccccc1)S(=O)(=O)c1ccc(Cl)c(C(=O)Nc2ccc(F)cc2C)c1. The molecule has 0 atom stereocenters. The van der Waals surface area contributed by atoms with E-state index in [1.54, 1.807) is 44.2 Å². The van der Waals surface area contributed by atoms with Crippen molar-refractivity contribution in [2.45, 2.75) is 18.7 Å². The van der Waals surface area contributed by atoms with E-state index in [0.29, 0.717) is 16.9 Å². The number of rotatable bonds is 6. The lowest BCUT2D eigenvalue weighted by atomic mass is 10.1. The maximum Gasteiger partial charge on any atom is 0.264 e. The van der Waals surface area contributed by atoms with Crippen LogP contribution >= 0.6 is 11.6 Å². The number of nitrogens with zero attached hydrogens (tertiary/aromatic N) is 1. The van der Waals surface area contributed by atoms with Gasteiger partial charge in [-0.2, -0.15) is 0 Å². The molecule has 156 valence electrons. The second-order valence-corrected chi connectivity index (χ2v) is 8.83. The quantitative estimate of drug-likeness (QED) is 0.562. The first-order chi connectivity index (χ1) is 14.2.